The molecule has 0 saturated heterocycles. The van der Waals surface area contributed by atoms with E-state index in [1.165, 1.54) is 22.3 Å². The molecular formula is C23H22. The van der Waals surface area contributed by atoms with Gasteiger partial charge < -0.3 is 0 Å². The molecule has 0 aliphatic carbocycles. The minimum absolute atomic E-state index is 1.08. The van der Waals surface area contributed by atoms with Crippen LogP contribution in [0.5, 0.6) is 0 Å². The van der Waals surface area contributed by atoms with E-state index in [9.17, 15) is 0 Å². The second-order valence-electron chi connectivity index (χ2n) is 5.27. The van der Waals surface area contributed by atoms with Crippen molar-refractivity contribution in [2.45, 2.75) is 6.92 Å². The van der Waals surface area contributed by atoms with Crippen molar-refractivity contribution in [1.29, 1.82) is 0 Å². The van der Waals surface area contributed by atoms with Gasteiger partial charge in [-0.15, -0.1) is 0 Å². The Morgan fingerprint density at radius 3 is 1.52 bits per heavy atom. The molecule has 0 radical (unpaired) electrons. The molecule has 3 aromatic carbocycles. The highest BCUT2D eigenvalue weighted by Gasteiger charge is 1.99. The molecule has 0 heterocycles. The van der Waals surface area contributed by atoms with E-state index >= 15 is 0 Å². The molecule has 3 aromatic rings. The predicted octanol–water partition coefficient (Wildman–Crippen LogP) is 6.39. The summed E-state index contributed by atoms with van der Waals surface area (Å²) in [5.74, 6) is 0. The quantitative estimate of drug-likeness (QED) is 0.526. The van der Waals surface area contributed by atoms with E-state index < -0.39 is 0 Å². The van der Waals surface area contributed by atoms with Crippen molar-refractivity contribution in [2.75, 3.05) is 0 Å². The maximum atomic E-state index is 4.10. The summed E-state index contributed by atoms with van der Waals surface area (Å²) in [6, 6.07) is 28.7. The molecule has 23 heavy (non-hydrogen) atoms. The summed E-state index contributed by atoms with van der Waals surface area (Å²) in [6.07, 6.45) is 1.87. The third-order valence-corrected chi connectivity index (χ3v) is 3.65. The van der Waals surface area contributed by atoms with Crippen LogP contribution < -0.4 is 0 Å². The van der Waals surface area contributed by atoms with E-state index in [1.54, 1.807) is 0 Å². The Hall–Kier alpha value is -2.86. The fraction of sp³-hybridized carbons (Fsp3) is 0.0435. The largest absolute Gasteiger partial charge is 0.0985 e. The Labute approximate surface area is 139 Å². The van der Waals surface area contributed by atoms with Crippen LogP contribution in [0.1, 0.15) is 22.3 Å². The van der Waals surface area contributed by atoms with E-state index in [1.807, 2.05) is 54.6 Å². The summed E-state index contributed by atoms with van der Waals surface area (Å²) in [5, 5.41) is 0. The van der Waals surface area contributed by atoms with Crippen molar-refractivity contribution >= 4 is 11.6 Å². The van der Waals surface area contributed by atoms with Crippen molar-refractivity contribution in [1.82, 2.24) is 0 Å². The number of aryl methyl sites for hydroxylation is 1. The first-order chi connectivity index (χ1) is 11.2. The maximum Gasteiger partial charge on any atom is -0.0183 e. The van der Waals surface area contributed by atoms with Crippen molar-refractivity contribution < 1.29 is 0 Å². The van der Waals surface area contributed by atoms with Crippen LogP contribution in [-0.4, -0.2) is 0 Å². The van der Waals surface area contributed by atoms with Gasteiger partial charge in [0.15, 0.2) is 0 Å². The predicted molar refractivity (Wildman–Crippen MR) is 102 cm³/mol. The highest BCUT2D eigenvalue weighted by Crippen LogP contribution is 2.20. The Balaban J connectivity index is 0.000000185. The van der Waals surface area contributed by atoms with Crippen LogP contribution in [0.2, 0.25) is 0 Å². The van der Waals surface area contributed by atoms with E-state index in [2.05, 4.69) is 56.5 Å². The summed E-state index contributed by atoms with van der Waals surface area (Å²) in [4.78, 5) is 0. The van der Waals surface area contributed by atoms with Crippen LogP contribution in [0, 0.1) is 6.92 Å². The minimum Gasteiger partial charge on any atom is -0.0985 e. The summed E-state index contributed by atoms with van der Waals surface area (Å²) in [5.41, 5.74) is 5.94. The van der Waals surface area contributed by atoms with Crippen LogP contribution in [-0.2, 0) is 0 Å². The van der Waals surface area contributed by atoms with E-state index in [0.717, 1.165) is 5.57 Å². The highest BCUT2D eigenvalue weighted by molar-refractivity contribution is 5.77. The summed E-state index contributed by atoms with van der Waals surface area (Å²) >= 11 is 0. The summed E-state index contributed by atoms with van der Waals surface area (Å²) in [6.45, 7) is 9.87. The van der Waals surface area contributed by atoms with Gasteiger partial charge in [0.05, 0.1) is 0 Å². The van der Waals surface area contributed by atoms with Gasteiger partial charge in [-0.1, -0.05) is 104 Å². The van der Waals surface area contributed by atoms with Crippen LogP contribution in [0.4, 0.5) is 0 Å². The number of benzene rings is 3. The number of hydrogen-bond acceptors (Lipinski definition) is 0. The molecule has 3 rings (SSSR count). The molecule has 0 amide bonds. The van der Waals surface area contributed by atoms with Gasteiger partial charge in [-0.2, -0.15) is 0 Å². The van der Waals surface area contributed by atoms with Crippen molar-refractivity contribution in [3.05, 3.63) is 120 Å². The molecule has 0 aromatic heterocycles. The molecule has 0 N–H and O–H groups in total. The number of hydrogen-bond donors (Lipinski definition) is 0. The molecule has 0 aliphatic rings. The van der Waals surface area contributed by atoms with E-state index in [-0.39, 0.29) is 0 Å². The van der Waals surface area contributed by atoms with E-state index in [4.69, 9.17) is 0 Å². The molecule has 0 heteroatoms. The van der Waals surface area contributed by atoms with Gasteiger partial charge in [0.1, 0.15) is 0 Å². The fourth-order valence-corrected chi connectivity index (χ4v) is 2.26. The lowest BCUT2D eigenvalue weighted by Crippen LogP contribution is -1.84. The average molecular weight is 298 g/mol. The zero-order valence-corrected chi connectivity index (χ0v) is 13.6. The molecule has 114 valence electrons. The van der Waals surface area contributed by atoms with Gasteiger partial charge in [0.25, 0.3) is 0 Å². The van der Waals surface area contributed by atoms with Gasteiger partial charge in [-0.05, 0) is 34.8 Å². The van der Waals surface area contributed by atoms with Gasteiger partial charge in [0.2, 0.25) is 0 Å². The van der Waals surface area contributed by atoms with Gasteiger partial charge >= 0.3 is 0 Å². The zero-order chi connectivity index (χ0) is 16.5. The van der Waals surface area contributed by atoms with Crippen molar-refractivity contribution in [3.63, 3.8) is 0 Å². The molecule has 0 atom stereocenters. The molecule has 0 nitrogen and oxygen atoms in total. The molecular weight excluding hydrogens is 276 g/mol. The standard InChI is InChI=1S/C14H12.C9H10/c1-12(13-8-4-2-5-9-13)14-10-6-3-7-11-14;1-3-9-7-5-4-6-8(9)2/h2-11H,1H2;3-7H,1H2,2H3. The van der Waals surface area contributed by atoms with Crippen molar-refractivity contribution in [3.8, 4) is 0 Å². The monoisotopic (exact) mass is 298 g/mol. The number of rotatable bonds is 3. The molecule has 0 aliphatic heterocycles. The lowest BCUT2D eigenvalue weighted by atomic mass is 10.0. The molecule has 0 fully saturated rings. The SMILES string of the molecule is C=C(c1ccccc1)c1ccccc1.C=Cc1ccccc1C. The molecule has 0 unspecified atom stereocenters. The zero-order valence-electron chi connectivity index (χ0n) is 13.6. The summed E-state index contributed by atoms with van der Waals surface area (Å²) < 4.78 is 0. The first kappa shape index (κ1) is 16.5. The van der Waals surface area contributed by atoms with Gasteiger partial charge in [0, 0.05) is 0 Å². The van der Waals surface area contributed by atoms with Gasteiger partial charge in [-0.25, -0.2) is 0 Å². The lowest BCUT2D eigenvalue weighted by Gasteiger charge is -2.04. The third kappa shape index (κ3) is 4.82. The van der Waals surface area contributed by atoms with Crippen molar-refractivity contribution in [2.24, 2.45) is 0 Å². The minimum atomic E-state index is 1.08. The lowest BCUT2D eigenvalue weighted by molar-refractivity contribution is 1.45. The Bertz CT molecular complexity index is 711. The van der Waals surface area contributed by atoms with E-state index in [0.29, 0.717) is 0 Å². The molecule has 0 spiro atoms. The highest BCUT2D eigenvalue weighted by atomic mass is 14.0. The Kier molecular flexibility index (Phi) is 6.14. The van der Waals surface area contributed by atoms with Crippen LogP contribution in [0.15, 0.2) is 98.1 Å². The molecule has 0 bridgehead atoms. The summed E-state index contributed by atoms with van der Waals surface area (Å²) in [7, 11) is 0. The first-order valence-electron chi connectivity index (χ1n) is 7.70. The smallest absolute Gasteiger partial charge is 0.0183 e. The van der Waals surface area contributed by atoms with Crippen LogP contribution >= 0.6 is 0 Å². The second-order valence-corrected chi connectivity index (χ2v) is 5.27. The van der Waals surface area contributed by atoms with Crippen LogP contribution in [0.25, 0.3) is 11.6 Å². The normalized spacial score (nSPS) is 9.43. The average Bonchev–Trinajstić information content (AvgIpc) is 2.63. The molecule has 0 saturated carbocycles. The topological polar surface area (TPSA) is 0 Å². The van der Waals surface area contributed by atoms with Crippen LogP contribution in [0.3, 0.4) is 0 Å². The third-order valence-electron chi connectivity index (χ3n) is 3.65. The maximum absolute atomic E-state index is 4.10. The first-order valence-corrected chi connectivity index (χ1v) is 7.70. The Morgan fingerprint density at radius 2 is 1.13 bits per heavy atom. The fourth-order valence-electron chi connectivity index (χ4n) is 2.26. The Morgan fingerprint density at radius 1 is 0.696 bits per heavy atom. The van der Waals surface area contributed by atoms with Gasteiger partial charge in [-0.3, -0.25) is 0 Å². The second kappa shape index (κ2) is 8.55.